The normalized spacial score (nSPS) is 18.0. The third kappa shape index (κ3) is 5.88. The molecule has 2 rings (SSSR count). The lowest BCUT2D eigenvalue weighted by Crippen LogP contribution is -2.25. The molecule has 0 amide bonds. The lowest BCUT2D eigenvalue weighted by atomic mass is 9.73. The number of esters is 1. The van der Waals surface area contributed by atoms with Crippen LogP contribution in [0.5, 0.6) is 5.75 Å². The quantitative estimate of drug-likeness (QED) is 0.607. The molecule has 0 saturated heterocycles. The summed E-state index contributed by atoms with van der Waals surface area (Å²) in [6.45, 7) is 10.3. The number of ether oxygens (including phenoxy) is 2. The van der Waals surface area contributed by atoms with Crippen LogP contribution in [0.4, 0.5) is 4.39 Å². The van der Waals surface area contributed by atoms with E-state index in [0.29, 0.717) is 17.9 Å². The minimum absolute atomic E-state index is 0.174. The highest BCUT2D eigenvalue weighted by molar-refractivity contribution is 6.32. The Morgan fingerprint density at radius 1 is 1.28 bits per heavy atom. The number of carbonyl (C=O) groups excluding carboxylic acids is 1. The molecule has 1 aliphatic carbocycles. The Hall–Kier alpha value is -1.29. The van der Waals surface area contributed by atoms with Crippen molar-refractivity contribution in [1.29, 1.82) is 0 Å². The van der Waals surface area contributed by atoms with Crippen molar-refractivity contribution in [2.45, 2.75) is 65.9 Å². The second kappa shape index (κ2) is 7.53. The van der Waals surface area contributed by atoms with E-state index >= 15 is 0 Å². The second-order valence-corrected chi connectivity index (χ2v) is 9.09. The Morgan fingerprint density at radius 3 is 2.44 bits per heavy atom. The Bertz CT molecular complexity index is 625. The van der Waals surface area contributed by atoms with Gasteiger partial charge in [-0.3, -0.25) is 0 Å². The molecular weight excluding hydrogens is 343 g/mol. The largest absolute Gasteiger partial charge is 0.492 e. The van der Waals surface area contributed by atoms with Crippen molar-refractivity contribution in [3.63, 3.8) is 0 Å². The summed E-state index contributed by atoms with van der Waals surface area (Å²) in [5, 5.41) is 0.221. The third-order valence-corrected chi connectivity index (χ3v) is 4.87. The summed E-state index contributed by atoms with van der Waals surface area (Å²) < 4.78 is 25.2. The maximum Gasteiger partial charge on any atom is 0.341 e. The van der Waals surface area contributed by atoms with E-state index in [4.69, 9.17) is 21.1 Å². The van der Waals surface area contributed by atoms with Crippen molar-refractivity contribution in [2.75, 3.05) is 6.61 Å². The first-order valence-electron chi connectivity index (χ1n) is 8.82. The second-order valence-electron chi connectivity index (χ2n) is 8.68. The van der Waals surface area contributed by atoms with E-state index in [0.717, 1.165) is 12.8 Å². The smallest absolute Gasteiger partial charge is 0.341 e. The molecule has 1 fully saturated rings. The van der Waals surface area contributed by atoms with Crippen LogP contribution in [-0.4, -0.2) is 18.2 Å². The van der Waals surface area contributed by atoms with E-state index in [2.05, 4.69) is 13.8 Å². The first kappa shape index (κ1) is 20.0. The van der Waals surface area contributed by atoms with Gasteiger partial charge in [0.1, 0.15) is 17.2 Å². The summed E-state index contributed by atoms with van der Waals surface area (Å²) in [4.78, 5) is 12.0. The van der Waals surface area contributed by atoms with Gasteiger partial charge < -0.3 is 9.47 Å². The maximum absolute atomic E-state index is 14.3. The summed E-state index contributed by atoms with van der Waals surface area (Å²) in [6, 6.07) is 2.46. The van der Waals surface area contributed by atoms with Gasteiger partial charge in [0, 0.05) is 6.07 Å². The zero-order valence-corrected chi connectivity index (χ0v) is 16.5. The van der Waals surface area contributed by atoms with Crippen molar-refractivity contribution in [2.24, 2.45) is 11.3 Å². The highest BCUT2D eigenvalue weighted by atomic mass is 35.5. The zero-order valence-electron chi connectivity index (χ0n) is 15.7. The van der Waals surface area contributed by atoms with E-state index in [1.165, 1.54) is 25.0 Å². The number of hydrogen-bond acceptors (Lipinski definition) is 3. The molecule has 140 valence electrons. The van der Waals surface area contributed by atoms with Gasteiger partial charge in [-0.2, -0.15) is 0 Å². The lowest BCUT2D eigenvalue weighted by Gasteiger charge is -2.34. The molecule has 0 N–H and O–H groups in total. The van der Waals surface area contributed by atoms with E-state index in [-0.39, 0.29) is 16.3 Å². The number of hydrogen-bond donors (Lipinski definition) is 0. The summed E-state index contributed by atoms with van der Waals surface area (Å²) in [5.74, 6) is -0.680. The molecule has 0 bridgehead atoms. The highest BCUT2D eigenvalue weighted by Gasteiger charge is 2.27. The van der Waals surface area contributed by atoms with Crippen LogP contribution in [0, 0.1) is 17.2 Å². The van der Waals surface area contributed by atoms with Crippen LogP contribution in [0.15, 0.2) is 12.1 Å². The topological polar surface area (TPSA) is 35.5 Å². The standard InChI is InChI=1S/C20H28ClFO3/c1-19(2,3)25-18(23)14-10-15(21)17(11-16(14)22)24-12-13-6-8-20(4,5)9-7-13/h10-11,13H,6-9,12H2,1-5H3. The minimum atomic E-state index is -0.729. The molecule has 0 spiro atoms. The molecule has 1 saturated carbocycles. The molecule has 1 aromatic carbocycles. The molecule has 0 aliphatic heterocycles. The van der Waals surface area contributed by atoms with Crippen LogP contribution in [0.25, 0.3) is 0 Å². The molecule has 1 aromatic rings. The van der Waals surface area contributed by atoms with Gasteiger partial charge in [-0.05, 0) is 63.9 Å². The number of halogens is 2. The van der Waals surface area contributed by atoms with E-state index < -0.39 is 17.4 Å². The third-order valence-electron chi connectivity index (χ3n) is 4.57. The molecule has 0 aromatic heterocycles. The van der Waals surface area contributed by atoms with Gasteiger partial charge in [-0.15, -0.1) is 0 Å². The lowest BCUT2D eigenvalue weighted by molar-refractivity contribution is 0.00646. The van der Waals surface area contributed by atoms with Crippen molar-refractivity contribution in [1.82, 2.24) is 0 Å². The summed E-state index contributed by atoms with van der Waals surface area (Å²) in [7, 11) is 0. The van der Waals surface area contributed by atoms with Crippen LogP contribution >= 0.6 is 11.6 Å². The summed E-state index contributed by atoms with van der Waals surface area (Å²) in [6.07, 6.45) is 4.54. The Morgan fingerprint density at radius 2 is 1.88 bits per heavy atom. The van der Waals surface area contributed by atoms with Gasteiger partial charge >= 0.3 is 5.97 Å². The predicted octanol–water partition coefficient (Wildman–Crippen LogP) is 6.03. The van der Waals surface area contributed by atoms with Crippen molar-refractivity contribution < 1.29 is 18.7 Å². The highest BCUT2D eigenvalue weighted by Crippen LogP contribution is 2.38. The van der Waals surface area contributed by atoms with Gasteiger partial charge in [0.2, 0.25) is 0 Å². The molecule has 0 radical (unpaired) electrons. The summed E-state index contributed by atoms with van der Waals surface area (Å²) >= 11 is 6.18. The van der Waals surface area contributed by atoms with E-state index in [1.54, 1.807) is 20.8 Å². The number of benzene rings is 1. The monoisotopic (exact) mass is 370 g/mol. The molecule has 5 heteroatoms. The molecule has 3 nitrogen and oxygen atoms in total. The van der Waals surface area contributed by atoms with E-state index in [1.807, 2.05) is 0 Å². The van der Waals surface area contributed by atoms with Crippen LogP contribution in [0.3, 0.4) is 0 Å². The van der Waals surface area contributed by atoms with Crippen molar-refractivity contribution in [3.8, 4) is 5.75 Å². The zero-order chi connectivity index (χ0) is 18.8. The summed E-state index contributed by atoms with van der Waals surface area (Å²) in [5.41, 5.74) is -0.471. The minimum Gasteiger partial charge on any atom is -0.492 e. The van der Waals surface area contributed by atoms with Crippen LogP contribution in [0.2, 0.25) is 5.02 Å². The fourth-order valence-electron chi connectivity index (χ4n) is 2.96. The Labute approximate surface area is 154 Å². The predicted molar refractivity (Wildman–Crippen MR) is 97.8 cm³/mol. The first-order chi connectivity index (χ1) is 11.5. The Balaban J connectivity index is 2.01. The SMILES string of the molecule is CC1(C)CCC(COc2cc(F)c(C(=O)OC(C)(C)C)cc2Cl)CC1. The van der Waals surface area contributed by atoms with Gasteiger partial charge in [-0.25, -0.2) is 9.18 Å². The van der Waals surface area contributed by atoms with Gasteiger partial charge in [-0.1, -0.05) is 25.4 Å². The molecular formula is C20H28ClFO3. The number of carbonyl (C=O) groups is 1. The van der Waals surface area contributed by atoms with Crippen molar-refractivity contribution in [3.05, 3.63) is 28.5 Å². The molecule has 25 heavy (non-hydrogen) atoms. The first-order valence-corrected chi connectivity index (χ1v) is 9.20. The molecule has 0 unspecified atom stereocenters. The average Bonchev–Trinajstić information content (AvgIpc) is 2.47. The van der Waals surface area contributed by atoms with Gasteiger partial charge in [0.25, 0.3) is 0 Å². The van der Waals surface area contributed by atoms with Crippen LogP contribution in [-0.2, 0) is 4.74 Å². The maximum atomic E-state index is 14.3. The van der Waals surface area contributed by atoms with Gasteiger partial charge in [0.15, 0.2) is 0 Å². The fourth-order valence-corrected chi connectivity index (χ4v) is 3.18. The average molecular weight is 371 g/mol. The van der Waals surface area contributed by atoms with E-state index in [9.17, 15) is 9.18 Å². The Kier molecular flexibility index (Phi) is 6.03. The van der Waals surface area contributed by atoms with Gasteiger partial charge in [0.05, 0.1) is 17.2 Å². The molecule has 0 heterocycles. The van der Waals surface area contributed by atoms with Crippen LogP contribution < -0.4 is 4.74 Å². The number of rotatable bonds is 4. The fraction of sp³-hybridized carbons (Fsp3) is 0.650. The van der Waals surface area contributed by atoms with Crippen LogP contribution in [0.1, 0.15) is 70.7 Å². The molecule has 0 atom stereocenters. The van der Waals surface area contributed by atoms with Crippen molar-refractivity contribution >= 4 is 17.6 Å². The molecule has 1 aliphatic rings.